The van der Waals surface area contributed by atoms with Crippen LogP contribution in [0.3, 0.4) is 0 Å². The van der Waals surface area contributed by atoms with E-state index in [1.165, 1.54) is 109 Å². The molecule has 60 heavy (non-hydrogen) atoms. The maximum absolute atomic E-state index is 12.7. The zero-order chi connectivity index (χ0) is 44.3. The Hall–Kier alpha value is -2.03. The Kier molecular flexibility index (Phi) is 40.8. The van der Waals surface area contributed by atoms with Gasteiger partial charge in [0, 0.05) is 12.8 Å². The van der Waals surface area contributed by atoms with E-state index in [9.17, 15) is 19.0 Å². The molecule has 0 saturated heterocycles. The standard InChI is InChI=1S/C50H92NO8P/c1-6-8-10-12-14-16-18-20-22-24-25-27-28-30-32-34-36-38-40-42-49(52)56-46-48(47-58-60(54,55)57-45-44-51(3,4)5)59-50(53)43-41-39-37-35-33-31-29-26-23-21-19-17-15-13-11-9-7-2/h14,16,20,22,25,27,30,32,48H,6-13,15,17-19,21,23-24,26,28-29,31,33-47H2,1-5H3/b16-14+,22-20+,27-25+,32-30+/t48-/m1/s1. The second-order valence-corrected chi connectivity index (χ2v) is 18.9. The van der Waals surface area contributed by atoms with Crippen LogP contribution in [0.15, 0.2) is 48.6 Å². The Morgan fingerprint density at radius 3 is 1.37 bits per heavy atom. The van der Waals surface area contributed by atoms with Crippen LogP contribution < -0.4 is 4.89 Å². The normalized spacial score (nSPS) is 13.9. The number of carbonyl (C=O) groups is 2. The second kappa shape index (κ2) is 42.3. The van der Waals surface area contributed by atoms with Crippen LogP contribution >= 0.6 is 7.82 Å². The van der Waals surface area contributed by atoms with Crippen LogP contribution in [-0.4, -0.2) is 70.0 Å². The van der Waals surface area contributed by atoms with Crippen molar-refractivity contribution < 1.29 is 42.1 Å². The number of likely N-dealkylation sites (N-methyl/N-ethyl adjacent to an activating group) is 1. The van der Waals surface area contributed by atoms with Crippen molar-refractivity contribution in [1.29, 1.82) is 0 Å². The van der Waals surface area contributed by atoms with Gasteiger partial charge in [0.15, 0.2) is 6.10 Å². The van der Waals surface area contributed by atoms with E-state index >= 15 is 0 Å². The first kappa shape index (κ1) is 58.0. The molecule has 0 N–H and O–H groups in total. The number of allylic oxidation sites excluding steroid dienone is 8. The zero-order valence-corrected chi connectivity index (χ0v) is 40.3. The van der Waals surface area contributed by atoms with Crippen molar-refractivity contribution in [3.8, 4) is 0 Å². The van der Waals surface area contributed by atoms with Gasteiger partial charge >= 0.3 is 11.9 Å². The van der Waals surface area contributed by atoms with Gasteiger partial charge in [0.2, 0.25) is 0 Å². The maximum Gasteiger partial charge on any atom is 0.306 e. The minimum absolute atomic E-state index is 0.0363. The van der Waals surface area contributed by atoms with Crippen LogP contribution in [-0.2, 0) is 32.7 Å². The lowest BCUT2D eigenvalue weighted by molar-refractivity contribution is -0.870. The minimum atomic E-state index is -4.63. The molecule has 9 nitrogen and oxygen atoms in total. The molecule has 10 heteroatoms. The molecule has 1 unspecified atom stereocenters. The Morgan fingerprint density at radius 1 is 0.517 bits per heavy atom. The van der Waals surface area contributed by atoms with Gasteiger partial charge < -0.3 is 27.9 Å². The third-order valence-electron chi connectivity index (χ3n) is 10.4. The Bertz CT molecular complexity index is 1160. The van der Waals surface area contributed by atoms with E-state index in [0.717, 1.165) is 57.8 Å². The summed E-state index contributed by atoms with van der Waals surface area (Å²) in [6.45, 7) is 4.18. The Morgan fingerprint density at radius 2 is 0.900 bits per heavy atom. The number of phosphoric ester groups is 1. The topological polar surface area (TPSA) is 111 Å². The Labute approximate surface area is 369 Å². The number of carbonyl (C=O) groups excluding carboxylic acids is 2. The fraction of sp³-hybridized carbons (Fsp3) is 0.800. The number of ether oxygens (including phenoxy) is 2. The number of unbranched alkanes of at least 4 members (excludes halogenated alkanes) is 22. The quantitative estimate of drug-likeness (QED) is 0.0196. The summed E-state index contributed by atoms with van der Waals surface area (Å²) in [5, 5.41) is 0. The molecular weight excluding hydrogens is 774 g/mol. The first-order chi connectivity index (χ1) is 29.0. The van der Waals surface area contributed by atoms with Gasteiger partial charge in [-0.15, -0.1) is 0 Å². The summed E-state index contributed by atoms with van der Waals surface area (Å²) in [5.74, 6) is -0.865. The molecule has 0 aromatic heterocycles. The van der Waals surface area contributed by atoms with E-state index in [2.05, 4.69) is 62.5 Å². The average molecular weight is 866 g/mol. The number of phosphoric acid groups is 1. The molecule has 0 bridgehead atoms. The number of rotatable bonds is 44. The van der Waals surface area contributed by atoms with Gasteiger partial charge in [0.1, 0.15) is 19.8 Å². The van der Waals surface area contributed by atoms with Crippen LogP contribution in [0.25, 0.3) is 0 Å². The van der Waals surface area contributed by atoms with Crippen LogP contribution in [0.2, 0.25) is 0 Å². The lowest BCUT2D eigenvalue weighted by Crippen LogP contribution is -2.37. The third-order valence-corrected chi connectivity index (χ3v) is 11.3. The molecule has 0 aliphatic rings. The van der Waals surface area contributed by atoms with Gasteiger partial charge in [-0.1, -0.05) is 184 Å². The smallest absolute Gasteiger partial charge is 0.306 e. The van der Waals surface area contributed by atoms with Crippen molar-refractivity contribution in [2.24, 2.45) is 0 Å². The fourth-order valence-corrected chi connectivity index (χ4v) is 7.25. The van der Waals surface area contributed by atoms with Gasteiger partial charge in [0.05, 0.1) is 27.7 Å². The van der Waals surface area contributed by atoms with E-state index in [1.807, 2.05) is 21.1 Å². The molecule has 0 fully saturated rings. The van der Waals surface area contributed by atoms with Crippen LogP contribution in [0.5, 0.6) is 0 Å². The molecule has 0 saturated carbocycles. The molecule has 0 aromatic carbocycles. The van der Waals surface area contributed by atoms with Crippen molar-refractivity contribution in [3.05, 3.63) is 48.6 Å². The molecule has 2 atom stereocenters. The largest absolute Gasteiger partial charge is 0.756 e. The first-order valence-corrected chi connectivity index (χ1v) is 25.8. The van der Waals surface area contributed by atoms with E-state index in [0.29, 0.717) is 23.9 Å². The highest BCUT2D eigenvalue weighted by Crippen LogP contribution is 2.38. The lowest BCUT2D eigenvalue weighted by Gasteiger charge is -2.28. The predicted molar refractivity (Wildman–Crippen MR) is 250 cm³/mol. The average Bonchev–Trinajstić information content (AvgIpc) is 3.20. The number of hydrogen-bond donors (Lipinski definition) is 0. The number of esters is 2. The molecule has 0 rings (SSSR count). The second-order valence-electron chi connectivity index (χ2n) is 17.5. The fourth-order valence-electron chi connectivity index (χ4n) is 6.52. The summed E-state index contributed by atoms with van der Waals surface area (Å²) < 4.78 is 34.0. The Balaban J connectivity index is 4.35. The first-order valence-electron chi connectivity index (χ1n) is 24.3. The van der Waals surface area contributed by atoms with Gasteiger partial charge in [0.25, 0.3) is 7.82 Å². The van der Waals surface area contributed by atoms with Crippen molar-refractivity contribution >= 4 is 19.8 Å². The molecule has 0 amide bonds. The maximum atomic E-state index is 12.7. The molecule has 0 radical (unpaired) electrons. The predicted octanol–water partition coefficient (Wildman–Crippen LogP) is 13.6. The summed E-state index contributed by atoms with van der Waals surface area (Å²) in [6.07, 6.45) is 49.9. The summed E-state index contributed by atoms with van der Waals surface area (Å²) in [5.41, 5.74) is 0. The molecule has 0 spiro atoms. The van der Waals surface area contributed by atoms with E-state index in [4.69, 9.17) is 18.5 Å². The summed E-state index contributed by atoms with van der Waals surface area (Å²) in [7, 11) is 1.15. The number of hydrogen-bond acceptors (Lipinski definition) is 8. The van der Waals surface area contributed by atoms with Gasteiger partial charge in [-0.05, 0) is 57.8 Å². The number of quaternary nitrogens is 1. The van der Waals surface area contributed by atoms with Crippen LogP contribution in [0.1, 0.15) is 206 Å². The van der Waals surface area contributed by atoms with Crippen LogP contribution in [0, 0.1) is 0 Å². The highest BCUT2D eigenvalue weighted by Gasteiger charge is 2.21. The highest BCUT2D eigenvalue weighted by molar-refractivity contribution is 7.45. The van der Waals surface area contributed by atoms with E-state index in [1.54, 1.807) is 0 Å². The van der Waals surface area contributed by atoms with E-state index < -0.39 is 32.5 Å². The molecule has 0 aromatic rings. The van der Waals surface area contributed by atoms with Gasteiger partial charge in [-0.25, -0.2) is 0 Å². The monoisotopic (exact) mass is 866 g/mol. The van der Waals surface area contributed by atoms with E-state index in [-0.39, 0.29) is 26.1 Å². The van der Waals surface area contributed by atoms with Crippen molar-refractivity contribution in [1.82, 2.24) is 0 Å². The van der Waals surface area contributed by atoms with Crippen LogP contribution in [0.4, 0.5) is 0 Å². The van der Waals surface area contributed by atoms with Gasteiger partial charge in [-0.3, -0.25) is 14.2 Å². The summed E-state index contributed by atoms with van der Waals surface area (Å²) in [4.78, 5) is 37.6. The third kappa shape index (κ3) is 45.5. The zero-order valence-electron chi connectivity index (χ0n) is 39.4. The molecular formula is C50H92NO8P. The van der Waals surface area contributed by atoms with Gasteiger partial charge in [-0.2, -0.15) is 0 Å². The van der Waals surface area contributed by atoms with Crippen molar-refractivity contribution in [2.75, 3.05) is 47.5 Å². The molecule has 0 aliphatic carbocycles. The molecule has 350 valence electrons. The number of nitrogens with zero attached hydrogens (tertiary/aromatic N) is 1. The lowest BCUT2D eigenvalue weighted by atomic mass is 10.0. The van der Waals surface area contributed by atoms with Crippen molar-refractivity contribution in [2.45, 2.75) is 213 Å². The van der Waals surface area contributed by atoms with Crippen molar-refractivity contribution in [3.63, 3.8) is 0 Å². The molecule has 0 heterocycles. The summed E-state index contributed by atoms with van der Waals surface area (Å²) in [6, 6.07) is 0. The molecule has 0 aliphatic heterocycles. The SMILES string of the molecule is CCCCC/C=C/C/C=C/C/C=C/C/C=C/CCCCCC(=O)OC[C@H](COP(=O)([O-])OCC[N+](C)(C)C)OC(=O)CCCCCCCCCCCCCCCCCCC. The summed E-state index contributed by atoms with van der Waals surface area (Å²) >= 11 is 0. The highest BCUT2D eigenvalue weighted by atomic mass is 31.2. The minimum Gasteiger partial charge on any atom is -0.756 e.